The number of amides is 4. The highest BCUT2D eigenvalue weighted by Crippen LogP contribution is 2.45. The van der Waals surface area contributed by atoms with Crippen molar-refractivity contribution >= 4 is 35.1 Å². The Labute approximate surface area is 214 Å². The fourth-order valence-electron chi connectivity index (χ4n) is 5.18. The van der Waals surface area contributed by atoms with Gasteiger partial charge < -0.3 is 20.9 Å². The number of likely N-dealkylation sites (tertiary alicyclic amines) is 1. The molecule has 206 valence electrons. The van der Waals surface area contributed by atoms with Gasteiger partial charge in [-0.05, 0) is 49.7 Å². The molecule has 2 heterocycles. The molecule has 0 aromatic heterocycles. The van der Waals surface area contributed by atoms with Crippen molar-refractivity contribution in [1.82, 2.24) is 15.5 Å². The summed E-state index contributed by atoms with van der Waals surface area (Å²) in [5.74, 6) is -6.43. The van der Waals surface area contributed by atoms with Gasteiger partial charge in [-0.3, -0.25) is 28.7 Å². The molecule has 0 unspecified atom stereocenters. The van der Waals surface area contributed by atoms with E-state index in [4.69, 9.17) is 0 Å². The number of benzene rings is 1. The molecule has 10 nitrogen and oxygen atoms in total. The maximum absolute atomic E-state index is 13.9. The van der Waals surface area contributed by atoms with Crippen LogP contribution in [0.3, 0.4) is 0 Å². The number of alkyl halides is 3. The molecule has 5 atom stereocenters. The van der Waals surface area contributed by atoms with Gasteiger partial charge in [-0.25, -0.2) is 4.39 Å². The van der Waals surface area contributed by atoms with Gasteiger partial charge in [0, 0.05) is 19.0 Å². The maximum Gasteiger partial charge on any atom is 0.522 e. The first-order valence-electron chi connectivity index (χ1n) is 12.1. The fourth-order valence-corrected chi connectivity index (χ4v) is 5.18. The highest BCUT2D eigenvalue weighted by atomic mass is 19.4. The van der Waals surface area contributed by atoms with Crippen LogP contribution in [0.5, 0.6) is 0 Å². The smallest absolute Gasteiger partial charge is 0.356 e. The van der Waals surface area contributed by atoms with Crippen molar-refractivity contribution in [3.05, 3.63) is 30.1 Å². The fraction of sp³-hybridized carbons (Fsp3) is 0.542. The lowest BCUT2D eigenvalue weighted by Gasteiger charge is -2.33. The third-order valence-electron chi connectivity index (χ3n) is 7.26. The molecule has 0 spiro atoms. The van der Waals surface area contributed by atoms with Crippen LogP contribution in [0.15, 0.2) is 24.3 Å². The van der Waals surface area contributed by atoms with Crippen LogP contribution in [0.2, 0.25) is 0 Å². The van der Waals surface area contributed by atoms with E-state index in [-0.39, 0.29) is 30.5 Å². The van der Waals surface area contributed by atoms with Gasteiger partial charge in [0.25, 0.3) is 0 Å². The number of anilines is 1. The van der Waals surface area contributed by atoms with Gasteiger partial charge in [0.2, 0.25) is 11.8 Å². The SMILES string of the molecule is O=C(Nc1ccccc1F)C(=O)N1C[C@@H]2CC[C@@H]2[C@H]1C(=O)N[C@@H](C[C@@H]1CCNC1=O)C(=O)COC(F)(F)F. The van der Waals surface area contributed by atoms with E-state index < -0.39 is 66.2 Å². The monoisotopic (exact) mass is 542 g/mol. The summed E-state index contributed by atoms with van der Waals surface area (Å²) in [5.41, 5.74) is -0.223. The van der Waals surface area contributed by atoms with Crippen molar-refractivity contribution < 1.29 is 46.3 Å². The van der Waals surface area contributed by atoms with Crippen LogP contribution < -0.4 is 16.0 Å². The number of nitrogens with one attached hydrogen (secondary N) is 3. The van der Waals surface area contributed by atoms with Crippen molar-refractivity contribution in [2.75, 3.05) is 25.0 Å². The molecule has 38 heavy (non-hydrogen) atoms. The highest BCUT2D eigenvalue weighted by molar-refractivity contribution is 6.40. The van der Waals surface area contributed by atoms with Gasteiger partial charge in [0.05, 0.1) is 11.7 Å². The third-order valence-corrected chi connectivity index (χ3v) is 7.26. The lowest BCUT2D eigenvalue weighted by molar-refractivity contribution is -0.321. The second-order valence-corrected chi connectivity index (χ2v) is 9.61. The van der Waals surface area contributed by atoms with E-state index in [9.17, 15) is 41.5 Å². The first-order chi connectivity index (χ1) is 17.9. The number of carbonyl (C=O) groups excluding carboxylic acids is 5. The molecule has 0 bridgehead atoms. The van der Waals surface area contributed by atoms with E-state index in [0.29, 0.717) is 25.8 Å². The molecule has 0 radical (unpaired) electrons. The molecule has 1 aliphatic carbocycles. The van der Waals surface area contributed by atoms with Crippen molar-refractivity contribution in [2.24, 2.45) is 17.8 Å². The molecular formula is C24H26F4N4O6. The summed E-state index contributed by atoms with van der Waals surface area (Å²) in [6.07, 6.45) is -3.75. The summed E-state index contributed by atoms with van der Waals surface area (Å²) in [6, 6.07) is 2.57. The van der Waals surface area contributed by atoms with Crippen molar-refractivity contribution in [3.63, 3.8) is 0 Å². The van der Waals surface area contributed by atoms with Gasteiger partial charge in [0.15, 0.2) is 5.78 Å². The Hall–Kier alpha value is -3.55. The van der Waals surface area contributed by atoms with Crippen LogP contribution >= 0.6 is 0 Å². The molecule has 2 aliphatic heterocycles. The summed E-state index contributed by atoms with van der Waals surface area (Å²) >= 11 is 0. The number of ether oxygens (including phenoxy) is 1. The number of para-hydroxylation sites is 1. The van der Waals surface area contributed by atoms with Gasteiger partial charge in [-0.15, -0.1) is 13.2 Å². The van der Waals surface area contributed by atoms with Crippen LogP contribution in [0.1, 0.15) is 25.7 Å². The lowest BCUT2D eigenvalue weighted by Crippen LogP contribution is -2.55. The van der Waals surface area contributed by atoms with E-state index >= 15 is 0 Å². The van der Waals surface area contributed by atoms with Gasteiger partial charge in [0.1, 0.15) is 18.5 Å². The molecule has 14 heteroatoms. The number of halogens is 4. The number of hydrogen-bond acceptors (Lipinski definition) is 6. The first-order valence-corrected chi connectivity index (χ1v) is 12.1. The summed E-state index contributed by atoms with van der Waals surface area (Å²) in [5, 5.41) is 7.15. The average molecular weight is 542 g/mol. The zero-order valence-corrected chi connectivity index (χ0v) is 20.1. The Morgan fingerprint density at radius 1 is 1.13 bits per heavy atom. The normalized spacial score (nSPS) is 25.2. The minimum Gasteiger partial charge on any atom is -0.356 e. The topological polar surface area (TPSA) is 134 Å². The number of fused-ring (bicyclic) bond motifs is 1. The van der Waals surface area contributed by atoms with E-state index in [1.165, 1.54) is 18.2 Å². The Kier molecular flexibility index (Phi) is 7.99. The summed E-state index contributed by atoms with van der Waals surface area (Å²) in [6.45, 7) is -0.969. The van der Waals surface area contributed by atoms with Gasteiger partial charge >= 0.3 is 18.2 Å². The molecule has 4 amide bonds. The highest BCUT2D eigenvalue weighted by Gasteiger charge is 2.53. The van der Waals surface area contributed by atoms with E-state index in [1.807, 2.05) is 0 Å². The van der Waals surface area contributed by atoms with E-state index in [0.717, 1.165) is 11.0 Å². The Balaban J connectivity index is 1.48. The molecule has 1 saturated carbocycles. The number of Topliss-reactive ketones (excluding diaryl/α,β-unsaturated/α-hetero) is 1. The number of carbonyl (C=O) groups is 5. The molecule has 3 N–H and O–H groups in total. The molecule has 3 fully saturated rings. The summed E-state index contributed by atoms with van der Waals surface area (Å²) < 4.78 is 55.1. The number of hydrogen-bond donors (Lipinski definition) is 3. The quantitative estimate of drug-likeness (QED) is 0.333. The van der Waals surface area contributed by atoms with Crippen LogP contribution in [-0.4, -0.2) is 72.5 Å². The zero-order valence-electron chi connectivity index (χ0n) is 20.1. The van der Waals surface area contributed by atoms with Crippen molar-refractivity contribution in [3.8, 4) is 0 Å². The van der Waals surface area contributed by atoms with E-state index in [1.54, 1.807) is 0 Å². The van der Waals surface area contributed by atoms with Crippen LogP contribution in [0.25, 0.3) is 0 Å². The van der Waals surface area contributed by atoms with Crippen LogP contribution in [0, 0.1) is 23.6 Å². The van der Waals surface area contributed by atoms with Gasteiger partial charge in [-0.2, -0.15) is 0 Å². The molecule has 2 saturated heterocycles. The Bertz CT molecular complexity index is 1130. The van der Waals surface area contributed by atoms with Crippen molar-refractivity contribution in [1.29, 1.82) is 0 Å². The molecule has 1 aromatic carbocycles. The van der Waals surface area contributed by atoms with E-state index in [2.05, 4.69) is 20.7 Å². The average Bonchev–Trinajstić information content (AvgIpc) is 3.36. The van der Waals surface area contributed by atoms with Crippen molar-refractivity contribution in [2.45, 2.75) is 44.1 Å². The first kappa shape index (κ1) is 27.5. The largest absolute Gasteiger partial charge is 0.522 e. The second-order valence-electron chi connectivity index (χ2n) is 9.61. The number of nitrogens with zero attached hydrogens (tertiary/aromatic N) is 1. The predicted molar refractivity (Wildman–Crippen MR) is 121 cm³/mol. The Morgan fingerprint density at radius 2 is 1.87 bits per heavy atom. The molecular weight excluding hydrogens is 516 g/mol. The maximum atomic E-state index is 13.9. The molecule has 3 aliphatic rings. The summed E-state index contributed by atoms with van der Waals surface area (Å²) in [4.78, 5) is 64.6. The number of rotatable bonds is 8. The second kappa shape index (κ2) is 11.1. The third kappa shape index (κ3) is 6.11. The summed E-state index contributed by atoms with van der Waals surface area (Å²) in [7, 11) is 0. The number of ketones is 1. The minimum atomic E-state index is -5.08. The Morgan fingerprint density at radius 3 is 2.47 bits per heavy atom. The van der Waals surface area contributed by atoms with Gasteiger partial charge in [-0.1, -0.05) is 12.1 Å². The van der Waals surface area contributed by atoms with Crippen LogP contribution in [-0.2, 0) is 28.7 Å². The lowest BCUT2D eigenvalue weighted by atomic mass is 9.73. The molecule has 1 aromatic rings. The zero-order chi connectivity index (χ0) is 27.6. The molecule has 4 rings (SSSR count). The standard InChI is InChI=1S/C24H26F4N4O6/c25-15-3-1-2-4-16(15)30-22(36)23(37)32-10-13-5-6-14(13)19(32)21(35)31-17(9-12-7-8-29-20(12)34)18(33)11-38-24(26,27)28/h1-4,12-14,17,19H,5-11H2,(H,29,34)(H,30,36)(H,31,35)/t12-,13-,14-,17-,19-/m0/s1. The minimum absolute atomic E-state index is 0.0765. The van der Waals surface area contributed by atoms with Crippen LogP contribution in [0.4, 0.5) is 23.2 Å². The predicted octanol–water partition coefficient (Wildman–Crippen LogP) is 1.12.